The molecule has 2 rings (SSSR count). The van der Waals surface area contributed by atoms with E-state index in [-0.39, 0.29) is 5.84 Å². The van der Waals surface area contributed by atoms with Crippen LogP contribution in [0.5, 0.6) is 0 Å². The molecule has 20 heavy (non-hydrogen) atoms. The van der Waals surface area contributed by atoms with Crippen molar-refractivity contribution in [3.8, 4) is 0 Å². The second kappa shape index (κ2) is 5.39. The van der Waals surface area contributed by atoms with Crippen LogP contribution in [0.4, 0.5) is 4.39 Å². The maximum Gasteiger partial charge on any atom is 0.368 e. The zero-order valence-corrected chi connectivity index (χ0v) is 9.95. The van der Waals surface area contributed by atoms with E-state index in [1.807, 2.05) is 0 Å². The zero-order chi connectivity index (χ0) is 14.7. The second-order valence-corrected chi connectivity index (χ2v) is 3.90. The Morgan fingerprint density at radius 3 is 2.70 bits per heavy atom. The highest BCUT2D eigenvalue weighted by molar-refractivity contribution is 6.21. The Balaban J connectivity index is 2.19. The molecule has 0 aliphatic carbocycles. The Bertz CT molecular complexity index is 654. The molecule has 102 valence electrons. The molecule has 7 nitrogen and oxygen atoms in total. The van der Waals surface area contributed by atoms with E-state index in [1.165, 1.54) is 30.4 Å². The minimum atomic E-state index is -2.01. The number of rotatable bonds is 3. The maximum atomic E-state index is 12.9. The predicted molar refractivity (Wildman–Crippen MR) is 66.8 cm³/mol. The third-order valence-corrected chi connectivity index (χ3v) is 2.46. The molecule has 1 N–H and O–H groups in total. The number of amides is 2. The van der Waals surface area contributed by atoms with E-state index >= 15 is 0 Å². The summed E-state index contributed by atoms with van der Waals surface area (Å²) in [4.78, 5) is 35.6. The molecule has 0 saturated carbocycles. The van der Waals surface area contributed by atoms with Crippen LogP contribution in [0.25, 0.3) is 6.08 Å². The Morgan fingerprint density at radius 2 is 2.10 bits per heavy atom. The number of carbonyl (C=O) groups is 2. The van der Waals surface area contributed by atoms with Crippen LogP contribution in [0.1, 0.15) is 5.56 Å². The molecule has 0 bridgehead atoms. The molecule has 0 saturated heterocycles. The van der Waals surface area contributed by atoms with Crippen LogP contribution in [0.2, 0.25) is 0 Å². The van der Waals surface area contributed by atoms with Crippen molar-refractivity contribution in [3.63, 3.8) is 0 Å². The van der Waals surface area contributed by atoms with Gasteiger partial charge in [0.2, 0.25) is 0 Å². The Kier molecular flexibility index (Phi) is 3.65. The number of halogens is 1. The molecule has 0 spiro atoms. The molecule has 8 heteroatoms. The Morgan fingerprint density at radius 1 is 1.35 bits per heavy atom. The third-order valence-electron chi connectivity index (χ3n) is 2.46. The summed E-state index contributed by atoms with van der Waals surface area (Å²) < 4.78 is 12.9. The van der Waals surface area contributed by atoms with Gasteiger partial charge in [-0.1, -0.05) is 18.2 Å². The van der Waals surface area contributed by atoms with Crippen molar-refractivity contribution in [1.82, 2.24) is 5.32 Å². The van der Waals surface area contributed by atoms with Crippen molar-refractivity contribution in [2.45, 2.75) is 6.04 Å². The third kappa shape index (κ3) is 2.91. The highest BCUT2D eigenvalue weighted by Gasteiger charge is 2.41. The number of aliphatic imine (C=N–C) groups is 1. The van der Waals surface area contributed by atoms with Gasteiger partial charge in [0.1, 0.15) is 11.7 Å². The van der Waals surface area contributed by atoms with Crippen molar-refractivity contribution in [3.05, 3.63) is 51.8 Å². The van der Waals surface area contributed by atoms with Gasteiger partial charge < -0.3 is 5.32 Å². The SMILES string of the molecule is O=C1N=C(/C=C/c2cccc(F)c2)NC(=O)C1[N+](=O)[O-]. The number of hydrogen-bond donors (Lipinski definition) is 1. The van der Waals surface area contributed by atoms with Crippen molar-refractivity contribution in [2.24, 2.45) is 4.99 Å². The second-order valence-electron chi connectivity index (χ2n) is 3.90. The van der Waals surface area contributed by atoms with Gasteiger partial charge in [0.15, 0.2) is 0 Å². The van der Waals surface area contributed by atoms with E-state index in [2.05, 4.69) is 10.3 Å². The molecule has 1 aromatic carbocycles. The topological polar surface area (TPSA) is 102 Å². The molecule has 1 unspecified atom stereocenters. The maximum absolute atomic E-state index is 12.9. The lowest BCUT2D eigenvalue weighted by Crippen LogP contribution is -2.50. The summed E-state index contributed by atoms with van der Waals surface area (Å²) in [5.74, 6) is -2.75. The van der Waals surface area contributed by atoms with Crippen molar-refractivity contribution in [1.29, 1.82) is 0 Å². The van der Waals surface area contributed by atoms with Crippen LogP contribution in [0, 0.1) is 15.9 Å². The van der Waals surface area contributed by atoms with Crippen LogP contribution in [-0.4, -0.2) is 28.6 Å². The summed E-state index contributed by atoms with van der Waals surface area (Å²) in [6, 6.07) is 3.59. The van der Waals surface area contributed by atoms with E-state index in [0.29, 0.717) is 5.56 Å². The molecule has 1 atom stereocenters. The number of carbonyl (C=O) groups excluding carboxylic acids is 2. The van der Waals surface area contributed by atoms with Gasteiger partial charge in [0.25, 0.3) is 0 Å². The summed E-state index contributed by atoms with van der Waals surface area (Å²) in [5, 5.41) is 12.6. The molecule has 0 aromatic heterocycles. The lowest BCUT2D eigenvalue weighted by Gasteiger charge is -2.12. The van der Waals surface area contributed by atoms with Crippen molar-refractivity contribution < 1.29 is 18.9 Å². The van der Waals surface area contributed by atoms with Crippen LogP contribution in [0.3, 0.4) is 0 Å². The average Bonchev–Trinajstić information content (AvgIpc) is 2.35. The molecule has 2 amide bonds. The fraction of sp³-hybridized carbons (Fsp3) is 0.0833. The van der Waals surface area contributed by atoms with Gasteiger partial charge in [-0.3, -0.25) is 19.7 Å². The van der Waals surface area contributed by atoms with E-state index in [9.17, 15) is 24.1 Å². The first-order chi connectivity index (χ1) is 9.47. The highest BCUT2D eigenvalue weighted by atomic mass is 19.1. The summed E-state index contributed by atoms with van der Waals surface area (Å²) in [5.41, 5.74) is 0.491. The fourth-order valence-electron chi connectivity index (χ4n) is 1.56. The van der Waals surface area contributed by atoms with Gasteiger partial charge in [-0.05, 0) is 23.8 Å². The normalized spacial score (nSPS) is 18.9. The van der Waals surface area contributed by atoms with Gasteiger partial charge in [0.05, 0.1) is 0 Å². The largest absolute Gasteiger partial charge is 0.368 e. The standard InChI is InChI=1S/C12H8FN3O4/c13-8-3-1-2-7(6-8)4-5-9-14-11(17)10(16(19)20)12(18)15-9/h1-6,10H,(H,14,15,17,18)/b5-4+. The van der Waals surface area contributed by atoms with Gasteiger partial charge in [-0.25, -0.2) is 4.39 Å². The summed E-state index contributed by atoms with van der Waals surface area (Å²) in [7, 11) is 0. The minimum absolute atomic E-state index is 0.123. The lowest BCUT2D eigenvalue weighted by atomic mass is 10.2. The number of nitrogens with one attached hydrogen (secondary N) is 1. The lowest BCUT2D eigenvalue weighted by molar-refractivity contribution is -0.493. The molecule has 0 radical (unpaired) electrons. The quantitative estimate of drug-likeness (QED) is 0.495. The number of hydrogen-bond acceptors (Lipinski definition) is 4. The first kappa shape index (κ1) is 13.5. The molecule has 1 aromatic rings. The Hall–Kier alpha value is -2.90. The molecular formula is C12H8FN3O4. The van der Waals surface area contributed by atoms with Gasteiger partial charge >= 0.3 is 17.9 Å². The monoisotopic (exact) mass is 277 g/mol. The van der Waals surface area contributed by atoms with Crippen LogP contribution in [-0.2, 0) is 9.59 Å². The molecular weight excluding hydrogens is 269 g/mol. The van der Waals surface area contributed by atoms with E-state index in [1.54, 1.807) is 6.07 Å². The van der Waals surface area contributed by atoms with Crippen LogP contribution >= 0.6 is 0 Å². The number of benzene rings is 1. The van der Waals surface area contributed by atoms with Crippen LogP contribution < -0.4 is 5.32 Å². The molecule has 0 fully saturated rings. The van der Waals surface area contributed by atoms with Gasteiger partial charge in [0, 0.05) is 4.92 Å². The number of amidine groups is 1. The first-order valence-corrected chi connectivity index (χ1v) is 5.48. The van der Waals surface area contributed by atoms with Crippen molar-refractivity contribution >= 4 is 23.7 Å². The predicted octanol–water partition coefficient (Wildman–Crippen LogP) is 0.539. The zero-order valence-electron chi connectivity index (χ0n) is 9.95. The summed E-state index contributed by atoms with van der Waals surface area (Å²) >= 11 is 0. The first-order valence-electron chi connectivity index (χ1n) is 5.48. The molecule has 1 aliphatic heterocycles. The number of nitro groups is 1. The van der Waals surface area contributed by atoms with Gasteiger partial charge in [-0.15, -0.1) is 0 Å². The summed E-state index contributed by atoms with van der Waals surface area (Å²) in [6.45, 7) is 0. The molecule has 1 aliphatic rings. The highest BCUT2D eigenvalue weighted by Crippen LogP contribution is 2.07. The average molecular weight is 277 g/mol. The van der Waals surface area contributed by atoms with E-state index in [0.717, 1.165) is 0 Å². The molecule has 1 heterocycles. The Labute approximate surface area is 112 Å². The van der Waals surface area contributed by atoms with Crippen molar-refractivity contribution in [2.75, 3.05) is 0 Å². The summed E-state index contributed by atoms with van der Waals surface area (Å²) in [6.07, 6.45) is 2.68. The van der Waals surface area contributed by atoms with Gasteiger partial charge in [-0.2, -0.15) is 4.99 Å². The number of nitrogens with zero attached hydrogens (tertiary/aromatic N) is 2. The van der Waals surface area contributed by atoms with E-state index in [4.69, 9.17) is 0 Å². The van der Waals surface area contributed by atoms with Crippen LogP contribution in [0.15, 0.2) is 35.3 Å². The fourth-order valence-corrected chi connectivity index (χ4v) is 1.56. The van der Waals surface area contributed by atoms with E-state index < -0.39 is 28.6 Å². The minimum Gasteiger partial charge on any atom is -0.304 e. The smallest absolute Gasteiger partial charge is 0.304 e.